The minimum Gasteiger partial charge on any atom is -0.363 e. The summed E-state index contributed by atoms with van der Waals surface area (Å²) in [6, 6.07) is 0. The number of thiocarbonyl (C=S) groups is 1. The first-order valence-electron chi connectivity index (χ1n) is 15.3. The minimum absolute atomic E-state index is 0.194. The smallest absolute Gasteiger partial charge is 0.166 e. The molecule has 3 aliphatic heterocycles. The molecule has 0 unspecified atom stereocenters. The van der Waals surface area contributed by atoms with Gasteiger partial charge in [-0.25, -0.2) is 0 Å². The van der Waals surface area contributed by atoms with Crippen LogP contribution in [0.15, 0.2) is 0 Å². The first-order chi connectivity index (χ1) is 18.6. The van der Waals surface area contributed by atoms with Crippen LogP contribution < -0.4 is 42.5 Å². The summed E-state index contributed by atoms with van der Waals surface area (Å²) in [6.45, 7) is 14.5. The average molecular weight is 551 g/mol. The largest absolute Gasteiger partial charge is 0.363 e. The molecule has 0 aliphatic carbocycles. The Morgan fingerprint density at radius 1 is 0.658 bits per heavy atom. The Morgan fingerprint density at radius 3 is 1.50 bits per heavy atom. The molecule has 38 heavy (non-hydrogen) atoms. The Hall–Kier alpha value is -0.990. The van der Waals surface area contributed by atoms with Crippen LogP contribution in [0.2, 0.25) is 0 Å². The van der Waals surface area contributed by atoms with Crippen molar-refractivity contribution >= 4 is 17.3 Å². The van der Waals surface area contributed by atoms with Gasteiger partial charge in [-0.15, -0.1) is 12.3 Å². The van der Waals surface area contributed by atoms with Gasteiger partial charge in [0.15, 0.2) is 5.11 Å². The summed E-state index contributed by atoms with van der Waals surface area (Å²) in [5, 5.41) is 30.0. The van der Waals surface area contributed by atoms with Gasteiger partial charge in [-0.1, -0.05) is 51.9 Å². The molecule has 0 radical (unpaired) electrons. The zero-order valence-corrected chi connectivity index (χ0v) is 25.1. The van der Waals surface area contributed by atoms with Crippen LogP contribution in [0, 0.1) is 17.8 Å². The van der Waals surface area contributed by atoms with E-state index in [2.05, 4.69) is 55.4 Å². The van der Waals surface area contributed by atoms with Gasteiger partial charge < -0.3 is 42.5 Å². The predicted molar refractivity (Wildman–Crippen MR) is 167 cm³/mol. The van der Waals surface area contributed by atoms with Crippen molar-refractivity contribution in [3.63, 3.8) is 0 Å². The van der Waals surface area contributed by atoms with Gasteiger partial charge in [-0.3, -0.25) is 0 Å². The molecule has 0 saturated carbocycles. The van der Waals surface area contributed by atoms with Crippen molar-refractivity contribution in [2.75, 3.05) is 85.1 Å². The van der Waals surface area contributed by atoms with Gasteiger partial charge in [0, 0.05) is 96.9 Å². The molecule has 3 heterocycles. The van der Waals surface area contributed by atoms with Crippen molar-refractivity contribution in [1.29, 1.82) is 0 Å². The van der Waals surface area contributed by atoms with E-state index in [1.165, 1.54) is 51.4 Å². The molecule has 3 fully saturated rings. The molecule has 0 aromatic rings. The molecular weight excluding hydrogens is 492 g/mol. The van der Waals surface area contributed by atoms with E-state index in [9.17, 15) is 0 Å². The van der Waals surface area contributed by atoms with Crippen molar-refractivity contribution in [2.24, 2.45) is 5.41 Å². The second-order valence-corrected chi connectivity index (χ2v) is 12.1. The lowest BCUT2D eigenvalue weighted by Crippen LogP contribution is -2.67. The second-order valence-electron chi connectivity index (χ2n) is 11.7. The van der Waals surface area contributed by atoms with Gasteiger partial charge in [-0.2, -0.15) is 0 Å². The second kappa shape index (κ2) is 20.8. The zero-order chi connectivity index (χ0) is 27.2. The van der Waals surface area contributed by atoms with E-state index >= 15 is 0 Å². The summed E-state index contributed by atoms with van der Waals surface area (Å²) in [7, 11) is 0. The third-order valence-corrected chi connectivity index (χ3v) is 7.89. The van der Waals surface area contributed by atoms with Crippen LogP contribution in [-0.2, 0) is 0 Å². The molecule has 220 valence electrons. The monoisotopic (exact) mass is 550 g/mol. The fourth-order valence-corrected chi connectivity index (χ4v) is 5.59. The van der Waals surface area contributed by atoms with Crippen molar-refractivity contribution in [2.45, 2.75) is 76.7 Å². The molecular formula is C29H58N8S. The standard InChI is InChI=1S/C29H58N8S/c1-3-4-5-6-7-8-9-10-11-12-13-14-36-27(38)37-29-24-33-18-15-30-21-28(2,22-31-16-19-34-25-29)23-32-17-20-35-26-29/h1,30-35H,4-26H2,2H3,(H2,36,37,38). The number of hydrogen-bond donors (Lipinski definition) is 8. The molecule has 0 aromatic carbocycles. The third kappa shape index (κ3) is 15.6. The highest BCUT2D eigenvalue weighted by Crippen LogP contribution is 2.13. The summed E-state index contributed by atoms with van der Waals surface area (Å²) in [4.78, 5) is 0. The Bertz CT molecular complexity index is 609. The Kier molecular flexibility index (Phi) is 18.2. The molecule has 2 bridgehead atoms. The summed E-state index contributed by atoms with van der Waals surface area (Å²) in [5.41, 5.74) is -0.00701. The van der Waals surface area contributed by atoms with Gasteiger partial charge in [0.05, 0.1) is 5.54 Å². The fourth-order valence-electron chi connectivity index (χ4n) is 5.27. The maximum Gasteiger partial charge on any atom is 0.166 e. The van der Waals surface area contributed by atoms with Crippen molar-refractivity contribution in [3.8, 4) is 12.3 Å². The van der Waals surface area contributed by atoms with E-state index in [-0.39, 0.29) is 11.0 Å². The lowest BCUT2D eigenvalue weighted by atomic mass is 9.90. The number of hydrogen-bond acceptors (Lipinski definition) is 7. The summed E-state index contributed by atoms with van der Waals surface area (Å²) < 4.78 is 0. The van der Waals surface area contributed by atoms with Gasteiger partial charge in [-0.05, 0) is 25.1 Å². The number of rotatable bonds is 12. The molecule has 0 spiro atoms. The summed E-state index contributed by atoms with van der Waals surface area (Å²) >= 11 is 5.78. The van der Waals surface area contributed by atoms with Crippen LogP contribution in [-0.4, -0.2) is 95.7 Å². The maximum absolute atomic E-state index is 5.78. The molecule has 0 aromatic heterocycles. The van der Waals surface area contributed by atoms with Crippen LogP contribution in [0.5, 0.6) is 0 Å². The quantitative estimate of drug-likeness (QED) is 0.104. The number of nitrogens with one attached hydrogen (secondary N) is 8. The molecule has 9 heteroatoms. The van der Waals surface area contributed by atoms with Crippen LogP contribution in [0.1, 0.15) is 71.1 Å². The van der Waals surface area contributed by atoms with Crippen molar-refractivity contribution < 1.29 is 0 Å². The van der Waals surface area contributed by atoms with Crippen LogP contribution in [0.3, 0.4) is 0 Å². The SMILES string of the molecule is C#CCCCCCCCCCCCNC(=S)NC12CNCCNCC(C)(CNCCNC1)CNCCNC2. The topological polar surface area (TPSA) is 96.2 Å². The van der Waals surface area contributed by atoms with E-state index < -0.39 is 0 Å². The highest BCUT2D eigenvalue weighted by atomic mass is 32.1. The minimum atomic E-state index is -0.201. The van der Waals surface area contributed by atoms with E-state index in [0.29, 0.717) is 0 Å². The lowest BCUT2D eigenvalue weighted by Gasteiger charge is -2.38. The Morgan fingerprint density at radius 2 is 1.05 bits per heavy atom. The van der Waals surface area contributed by atoms with E-state index in [1.54, 1.807) is 0 Å². The molecule has 0 atom stereocenters. The predicted octanol–water partition coefficient (Wildman–Crippen LogP) is 1.29. The number of fused-ring (bicyclic) bond motifs is 15. The molecule has 3 aliphatic rings. The fraction of sp³-hybridized carbons (Fsp3) is 0.897. The lowest BCUT2D eigenvalue weighted by molar-refractivity contribution is 0.260. The third-order valence-electron chi connectivity index (χ3n) is 7.64. The van der Waals surface area contributed by atoms with Crippen LogP contribution in [0.4, 0.5) is 0 Å². The van der Waals surface area contributed by atoms with Crippen molar-refractivity contribution in [1.82, 2.24) is 42.5 Å². The first kappa shape index (κ1) is 33.2. The Balaban J connectivity index is 1.75. The maximum atomic E-state index is 5.78. The first-order valence-corrected chi connectivity index (χ1v) is 15.7. The molecule has 8 N–H and O–H groups in total. The normalized spacial score (nSPS) is 26.1. The Labute approximate surface area is 239 Å². The van der Waals surface area contributed by atoms with Gasteiger partial charge in [0.25, 0.3) is 0 Å². The number of unbranched alkanes of at least 4 members (excludes halogenated alkanes) is 9. The average Bonchev–Trinajstić information content (AvgIpc) is 2.90. The van der Waals surface area contributed by atoms with E-state index in [1.807, 2.05) is 0 Å². The zero-order valence-electron chi connectivity index (χ0n) is 24.2. The van der Waals surface area contributed by atoms with E-state index in [0.717, 1.165) is 103 Å². The molecule has 3 saturated heterocycles. The molecule has 0 amide bonds. The summed E-state index contributed by atoms with van der Waals surface area (Å²) in [6.07, 6.45) is 17.8. The van der Waals surface area contributed by atoms with Crippen LogP contribution in [0.25, 0.3) is 0 Å². The highest BCUT2D eigenvalue weighted by Gasteiger charge is 2.31. The van der Waals surface area contributed by atoms with Gasteiger partial charge in [0.1, 0.15) is 0 Å². The highest BCUT2D eigenvalue weighted by molar-refractivity contribution is 7.80. The molecule has 3 rings (SSSR count). The van der Waals surface area contributed by atoms with Gasteiger partial charge >= 0.3 is 0 Å². The molecule has 8 nitrogen and oxygen atoms in total. The number of terminal acetylenes is 1. The van der Waals surface area contributed by atoms with E-state index in [4.69, 9.17) is 18.6 Å². The van der Waals surface area contributed by atoms with Crippen molar-refractivity contribution in [3.05, 3.63) is 0 Å². The summed E-state index contributed by atoms with van der Waals surface area (Å²) in [5.74, 6) is 2.73. The van der Waals surface area contributed by atoms with Crippen LogP contribution >= 0.6 is 12.2 Å². The van der Waals surface area contributed by atoms with Gasteiger partial charge in [0.2, 0.25) is 0 Å².